The normalized spacial score (nSPS) is 14.2. The highest BCUT2D eigenvalue weighted by Crippen LogP contribution is 2.19. The van der Waals surface area contributed by atoms with E-state index in [1.807, 2.05) is 24.3 Å². The second-order valence-electron chi connectivity index (χ2n) is 9.44. The minimum atomic E-state index is -1.48. The van der Waals surface area contributed by atoms with Crippen LogP contribution in [0.2, 0.25) is 0 Å². The molecule has 3 amide bonds. The van der Waals surface area contributed by atoms with Crippen LogP contribution in [-0.2, 0) is 32.0 Å². The minimum absolute atomic E-state index is 0.0639. The van der Waals surface area contributed by atoms with Gasteiger partial charge in [-0.15, -0.1) is 0 Å². The van der Waals surface area contributed by atoms with Gasteiger partial charge < -0.3 is 47.6 Å². The maximum absolute atomic E-state index is 13.4. The van der Waals surface area contributed by atoms with Gasteiger partial charge in [-0.3, -0.25) is 14.4 Å². The molecular weight excluding hydrogens is 520 g/mol. The number of carbonyl (C=O) groups is 4. The number of carboxylic acids is 1. The van der Waals surface area contributed by atoms with Crippen LogP contribution in [0.3, 0.4) is 0 Å². The summed E-state index contributed by atoms with van der Waals surface area (Å²) in [5.74, 6) is -3.51. The first-order valence-electron chi connectivity index (χ1n) is 13.0. The number of fused-ring (bicyclic) bond motifs is 1. The van der Waals surface area contributed by atoms with Crippen molar-refractivity contribution in [3.05, 3.63) is 54.2 Å². The average Bonchev–Trinajstić information content (AvgIpc) is 3.60. The SMILES string of the molecule is NCCCCC(N)C(=O)NC(Cc1c[nH]c2ccccc12)C(=O)NC(CO)C(=O)NC(Cc1cnc[nH]1)C(=O)O. The number of nitrogens with two attached hydrogens (primary N) is 2. The molecule has 3 aromatic rings. The molecule has 0 aliphatic rings. The van der Waals surface area contributed by atoms with Gasteiger partial charge in [-0.2, -0.15) is 0 Å². The first kappa shape index (κ1) is 30.3. The van der Waals surface area contributed by atoms with E-state index < -0.39 is 54.5 Å². The van der Waals surface area contributed by atoms with E-state index in [1.165, 1.54) is 12.5 Å². The summed E-state index contributed by atoms with van der Waals surface area (Å²) in [7, 11) is 0. The highest BCUT2D eigenvalue weighted by atomic mass is 16.4. The molecule has 0 aliphatic heterocycles. The molecule has 0 radical (unpaired) electrons. The van der Waals surface area contributed by atoms with Crippen molar-refractivity contribution in [2.75, 3.05) is 13.2 Å². The number of unbranched alkanes of at least 4 members (excludes halogenated alkanes) is 1. The summed E-state index contributed by atoms with van der Waals surface area (Å²) in [5, 5.41) is 27.7. The average molecular weight is 557 g/mol. The zero-order valence-corrected chi connectivity index (χ0v) is 21.9. The van der Waals surface area contributed by atoms with E-state index in [0.717, 1.165) is 16.5 Å². The molecule has 4 unspecified atom stereocenters. The fourth-order valence-corrected chi connectivity index (χ4v) is 4.20. The van der Waals surface area contributed by atoms with Crippen molar-refractivity contribution in [2.45, 2.75) is 56.3 Å². The van der Waals surface area contributed by atoms with Crippen molar-refractivity contribution >= 4 is 34.6 Å². The van der Waals surface area contributed by atoms with Gasteiger partial charge in [0.1, 0.15) is 18.1 Å². The highest BCUT2D eigenvalue weighted by molar-refractivity contribution is 5.95. The minimum Gasteiger partial charge on any atom is -0.480 e. The first-order chi connectivity index (χ1) is 19.2. The molecule has 4 atom stereocenters. The lowest BCUT2D eigenvalue weighted by molar-refractivity contribution is -0.142. The van der Waals surface area contributed by atoms with Gasteiger partial charge in [0.25, 0.3) is 0 Å². The van der Waals surface area contributed by atoms with Crippen molar-refractivity contribution in [1.29, 1.82) is 0 Å². The Morgan fingerprint density at radius 3 is 2.30 bits per heavy atom. The Morgan fingerprint density at radius 2 is 1.62 bits per heavy atom. The maximum Gasteiger partial charge on any atom is 0.326 e. The number of aliphatic hydroxyl groups excluding tert-OH is 1. The molecular formula is C26H36N8O6. The molecule has 40 heavy (non-hydrogen) atoms. The molecule has 3 rings (SSSR count). The number of imidazole rings is 1. The number of amides is 3. The summed E-state index contributed by atoms with van der Waals surface area (Å²) in [6.07, 6.45) is 6.21. The number of aromatic nitrogens is 3. The maximum atomic E-state index is 13.4. The molecule has 0 saturated heterocycles. The molecule has 11 N–H and O–H groups in total. The molecule has 0 saturated carbocycles. The van der Waals surface area contributed by atoms with Crippen LogP contribution in [0.1, 0.15) is 30.5 Å². The van der Waals surface area contributed by atoms with E-state index in [1.54, 1.807) is 6.20 Å². The van der Waals surface area contributed by atoms with Gasteiger partial charge in [-0.05, 0) is 31.0 Å². The largest absolute Gasteiger partial charge is 0.480 e. The van der Waals surface area contributed by atoms with Crippen LogP contribution in [0.25, 0.3) is 10.9 Å². The Bertz CT molecular complexity index is 1280. The van der Waals surface area contributed by atoms with Crippen molar-refractivity contribution in [2.24, 2.45) is 11.5 Å². The summed E-state index contributed by atoms with van der Waals surface area (Å²) in [6, 6.07) is 2.60. The summed E-state index contributed by atoms with van der Waals surface area (Å²) >= 11 is 0. The van der Waals surface area contributed by atoms with Crippen molar-refractivity contribution in [3.63, 3.8) is 0 Å². The third-order valence-electron chi connectivity index (χ3n) is 6.45. The number of aromatic amines is 2. The fourth-order valence-electron chi connectivity index (χ4n) is 4.20. The second kappa shape index (κ2) is 14.8. The smallest absolute Gasteiger partial charge is 0.326 e. The molecule has 14 nitrogen and oxygen atoms in total. The van der Waals surface area contributed by atoms with Crippen molar-refractivity contribution < 1.29 is 29.4 Å². The Balaban J connectivity index is 1.74. The zero-order chi connectivity index (χ0) is 29.1. The highest BCUT2D eigenvalue weighted by Gasteiger charge is 2.31. The van der Waals surface area contributed by atoms with E-state index in [2.05, 4.69) is 30.9 Å². The number of nitrogens with one attached hydrogen (secondary N) is 5. The molecule has 1 aromatic carbocycles. The topological polar surface area (TPSA) is 241 Å². The fraction of sp³-hybridized carbons (Fsp3) is 0.423. The van der Waals surface area contributed by atoms with Gasteiger partial charge in [-0.25, -0.2) is 9.78 Å². The van der Waals surface area contributed by atoms with Crippen LogP contribution in [0.4, 0.5) is 0 Å². The predicted molar refractivity (Wildman–Crippen MR) is 146 cm³/mol. The third-order valence-corrected chi connectivity index (χ3v) is 6.45. The van der Waals surface area contributed by atoms with Gasteiger partial charge in [0.2, 0.25) is 17.7 Å². The lowest BCUT2D eigenvalue weighted by Crippen LogP contribution is -2.58. The lowest BCUT2D eigenvalue weighted by atomic mass is 10.0. The predicted octanol–water partition coefficient (Wildman–Crippen LogP) is -1.34. The van der Waals surface area contributed by atoms with Crippen LogP contribution in [0, 0.1) is 0 Å². The number of aliphatic carboxylic acids is 1. The van der Waals surface area contributed by atoms with Crippen LogP contribution in [-0.4, -0.2) is 86.2 Å². The van der Waals surface area contributed by atoms with Gasteiger partial charge in [0, 0.05) is 41.8 Å². The zero-order valence-electron chi connectivity index (χ0n) is 21.9. The number of H-pyrrole nitrogens is 2. The Kier molecular flexibility index (Phi) is 11.2. The van der Waals surface area contributed by atoms with E-state index >= 15 is 0 Å². The van der Waals surface area contributed by atoms with Crippen molar-refractivity contribution in [1.82, 2.24) is 30.9 Å². The van der Waals surface area contributed by atoms with Gasteiger partial charge in [-0.1, -0.05) is 24.6 Å². The molecule has 0 bridgehead atoms. The summed E-state index contributed by atoms with van der Waals surface area (Å²) in [4.78, 5) is 60.4. The molecule has 2 aromatic heterocycles. The first-order valence-corrected chi connectivity index (χ1v) is 13.0. The van der Waals surface area contributed by atoms with E-state index in [-0.39, 0.29) is 12.8 Å². The number of hydrogen-bond donors (Lipinski definition) is 9. The standard InChI is InChI=1S/C26H36N8O6/c27-8-4-3-6-18(28)23(36)32-20(9-15-11-30-19-7-2-1-5-17(15)19)24(37)34-22(13-35)25(38)33-21(26(39)40)10-16-12-29-14-31-16/h1-2,5,7,11-12,14,18,20-22,30,35H,3-4,6,8-10,13,27-28H2,(H,29,31)(H,32,36)(H,33,38)(H,34,37)(H,39,40). The number of benzene rings is 1. The molecule has 216 valence electrons. The molecule has 0 fully saturated rings. The number of para-hydroxylation sites is 1. The monoisotopic (exact) mass is 556 g/mol. The van der Waals surface area contributed by atoms with Crippen LogP contribution in [0.15, 0.2) is 43.0 Å². The van der Waals surface area contributed by atoms with Gasteiger partial charge >= 0.3 is 5.97 Å². The Morgan fingerprint density at radius 1 is 0.925 bits per heavy atom. The quantitative estimate of drug-likeness (QED) is 0.0947. The number of carbonyl (C=O) groups excluding carboxylic acids is 3. The number of rotatable bonds is 16. The summed E-state index contributed by atoms with van der Waals surface area (Å²) in [6.45, 7) is -0.338. The van der Waals surface area contributed by atoms with E-state index in [4.69, 9.17) is 11.5 Å². The Labute approximate surface area is 230 Å². The van der Waals surface area contributed by atoms with Gasteiger partial charge in [0.15, 0.2) is 0 Å². The van der Waals surface area contributed by atoms with Gasteiger partial charge in [0.05, 0.1) is 19.0 Å². The van der Waals surface area contributed by atoms with Crippen LogP contribution < -0.4 is 27.4 Å². The number of carboxylic acid groups (broad SMARTS) is 1. The summed E-state index contributed by atoms with van der Waals surface area (Å²) < 4.78 is 0. The molecule has 0 aliphatic carbocycles. The number of hydrogen-bond acceptors (Lipinski definition) is 8. The van der Waals surface area contributed by atoms with E-state index in [0.29, 0.717) is 31.5 Å². The number of aliphatic hydroxyl groups is 1. The van der Waals surface area contributed by atoms with Crippen LogP contribution >= 0.6 is 0 Å². The molecule has 2 heterocycles. The number of nitrogens with zero attached hydrogens (tertiary/aromatic N) is 1. The lowest BCUT2D eigenvalue weighted by Gasteiger charge is -2.24. The van der Waals surface area contributed by atoms with E-state index in [9.17, 15) is 29.4 Å². The second-order valence-corrected chi connectivity index (χ2v) is 9.44. The Hall–Kier alpha value is -4.27. The van der Waals surface area contributed by atoms with Crippen LogP contribution in [0.5, 0.6) is 0 Å². The molecule has 14 heteroatoms. The summed E-state index contributed by atoms with van der Waals surface area (Å²) in [5.41, 5.74) is 13.6. The van der Waals surface area contributed by atoms with Crippen molar-refractivity contribution in [3.8, 4) is 0 Å². The molecule has 0 spiro atoms. The third kappa shape index (κ3) is 8.36.